The lowest BCUT2D eigenvalue weighted by atomic mass is 10.1. The predicted molar refractivity (Wildman–Crippen MR) is 108 cm³/mol. The monoisotopic (exact) mass is 422 g/mol. The molecule has 1 aromatic heterocycles. The number of aromatic nitrogens is 2. The maximum absolute atomic E-state index is 13.1. The number of imidazole rings is 1. The average Bonchev–Trinajstić information content (AvgIpc) is 3.14. The third-order valence-electron chi connectivity index (χ3n) is 4.16. The number of nitrogens with zero attached hydrogens (tertiary/aromatic N) is 2. The van der Waals surface area contributed by atoms with Crippen molar-refractivity contribution in [3.63, 3.8) is 0 Å². The number of benzene rings is 2. The van der Waals surface area contributed by atoms with Gasteiger partial charge in [-0.3, -0.25) is 4.21 Å². The first-order valence-electron chi connectivity index (χ1n) is 8.20. The largest absolute Gasteiger partial charge is 0.336 e. The fourth-order valence-corrected chi connectivity index (χ4v) is 4.98. The molecule has 0 N–H and O–H groups in total. The molecule has 2 unspecified atom stereocenters. The van der Waals surface area contributed by atoms with Crippen LogP contribution in [0.25, 0.3) is 0 Å². The van der Waals surface area contributed by atoms with Crippen molar-refractivity contribution in [3.8, 4) is 0 Å². The lowest BCUT2D eigenvalue weighted by molar-refractivity contribution is 0.601. The van der Waals surface area contributed by atoms with Crippen LogP contribution in [0.15, 0.2) is 72.1 Å². The Morgan fingerprint density at radius 3 is 2.33 bits per heavy atom. The van der Waals surface area contributed by atoms with E-state index in [0.717, 1.165) is 11.1 Å². The highest BCUT2D eigenvalue weighted by atomic mass is 35.5. The molecule has 2 aromatic carbocycles. The Hall–Kier alpha value is -1.96. The van der Waals surface area contributed by atoms with Gasteiger partial charge in [-0.05, 0) is 35.4 Å². The van der Waals surface area contributed by atoms with Gasteiger partial charge < -0.3 is 4.57 Å². The van der Waals surface area contributed by atoms with Crippen LogP contribution < -0.4 is 0 Å². The van der Waals surface area contributed by atoms with Crippen molar-refractivity contribution in [1.29, 1.82) is 0 Å². The van der Waals surface area contributed by atoms with Crippen LogP contribution in [0.1, 0.15) is 16.4 Å². The molecule has 142 valence electrons. The molecular formula is C19H19ClN2O3S2. The van der Waals surface area contributed by atoms with Crippen LogP contribution in [-0.2, 0) is 32.9 Å². The van der Waals surface area contributed by atoms with E-state index in [1.807, 2.05) is 22.9 Å². The predicted octanol–water partition coefficient (Wildman–Crippen LogP) is 3.63. The molecule has 0 spiro atoms. The van der Waals surface area contributed by atoms with Crippen LogP contribution in [0.3, 0.4) is 0 Å². The Morgan fingerprint density at radius 2 is 1.78 bits per heavy atom. The zero-order valence-corrected chi connectivity index (χ0v) is 17.0. The molecule has 0 saturated carbocycles. The summed E-state index contributed by atoms with van der Waals surface area (Å²) in [6.07, 6.45) is 6.34. The molecule has 0 saturated heterocycles. The van der Waals surface area contributed by atoms with Gasteiger partial charge in [0.15, 0.2) is 9.84 Å². The molecule has 3 rings (SSSR count). The van der Waals surface area contributed by atoms with Crippen LogP contribution in [0.5, 0.6) is 0 Å². The van der Waals surface area contributed by atoms with Crippen LogP contribution in [0, 0.1) is 0 Å². The van der Waals surface area contributed by atoms with Crippen LogP contribution in [-0.4, -0.2) is 28.4 Å². The van der Waals surface area contributed by atoms with Gasteiger partial charge >= 0.3 is 0 Å². The van der Waals surface area contributed by atoms with Gasteiger partial charge in [0.1, 0.15) is 0 Å². The van der Waals surface area contributed by atoms with Crippen molar-refractivity contribution >= 4 is 32.2 Å². The van der Waals surface area contributed by atoms with Crippen LogP contribution in [0.2, 0.25) is 5.02 Å². The maximum Gasteiger partial charge on any atom is 0.175 e. The lowest BCUT2D eigenvalue weighted by Crippen LogP contribution is -2.15. The molecule has 0 amide bonds. The van der Waals surface area contributed by atoms with Crippen molar-refractivity contribution in [2.24, 2.45) is 0 Å². The van der Waals surface area contributed by atoms with E-state index >= 15 is 0 Å². The second kappa shape index (κ2) is 8.37. The first-order chi connectivity index (χ1) is 12.8. The molecule has 0 bridgehead atoms. The summed E-state index contributed by atoms with van der Waals surface area (Å²) >= 11 is 5.92. The minimum Gasteiger partial charge on any atom is -0.336 e. The molecule has 2 atom stereocenters. The van der Waals surface area contributed by atoms with E-state index in [4.69, 9.17) is 11.6 Å². The first kappa shape index (κ1) is 19.8. The third kappa shape index (κ3) is 5.28. The molecular weight excluding hydrogens is 404 g/mol. The van der Waals surface area contributed by atoms with E-state index in [-0.39, 0.29) is 10.1 Å². The highest BCUT2D eigenvalue weighted by molar-refractivity contribution is 7.90. The van der Waals surface area contributed by atoms with E-state index < -0.39 is 20.6 Å². The van der Waals surface area contributed by atoms with Gasteiger partial charge in [-0.1, -0.05) is 35.9 Å². The molecule has 0 aliphatic rings. The van der Waals surface area contributed by atoms with Crippen molar-refractivity contribution in [1.82, 2.24) is 9.55 Å². The van der Waals surface area contributed by atoms with Crippen molar-refractivity contribution in [3.05, 3.63) is 83.4 Å². The Morgan fingerprint density at radius 1 is 1.11 bits per heavy atom. The quantitative estimate of drug-likeness (QED) is 0.583. The van der Waals surface area contributed by atoms with E-state index in [0.29, 0.717) is 17.3 Å². The standard InChI is InChI=1S/C19H19ClN2O3S2/c1-27(24,25)18-8-4-16(5-9-18)19(12-22-11-10-21-14-22)26(23)13-15-2-6-17(20)7-3-15/h2-11,14,19H,12-13H2,1H3. The summed E-state index contributed by atoms with van der Waals surface area (Å²) in [5, 5.41) is 0.333. The number of sulfone groups is 1. The summed E-state index contributed by atoms with van der Waals surface area (Å²) in [6, 6.07) is 13.9. The van der Waals surface area contributed by atoms with Gasteiger partial charge in [0.2, 0.25) is 0 Å². The molecule has 0 fully saturated rings. The molecule has 1 heterocycles. The van der Waals surface area contributed by atoms with Gasteiger partial charge in [-0.15, -0.1) is 0 Å². The molecule has 0 aliphatic carbocycles. The minimum atomic E-state index is -3.27. The summed E-state index contributed by atoms with van der Waals surface area (Å²) in [7, 11) is -4.49. The zero-order valence-electron chi connectivity index (χ0n) is 14.7. The third-order valence-corrected chi connectivity index (χ3v) is 7.21. The highest BCUT2D eigenvalue weighted by Gasteiger charge is 2.21. The minimum absolute atomic E-state index is 0.246. The summed E-state index contributed by atoms with van der Waals surface area (Å²) in [6.45, 7) is 0.485. The average molecular weight is 423 g/mol. The second-order valence-corrected chi connectivity index (χ2v) is 10.3. The van der Waals surface area contributed by atoms with Gasteiger partial charge in [-0.25, -0.2) is 13.4 Å². The van der Waals surface area contributed by atoms with Gasteiger partial charge in [0.25, 0.3) is 0 Å². The van der Waals surface area contributed by atoms with E-state index in [1.165, 1.54) is 6.26 Å². The molecule has 27 heavy (non-hydrogen) atoms. The van der Waals surface area contributed by atoms with Crippen LogP contribution in [0.4, 0.5) is 0 Å². The Kier molecular flexibility index (Phi) is 6.14. The smallest absolute Gasteiger partial charge is 0.175 e. The van der Waals surface area contributed by atoms with E-state index in [9.17, 15) is 12.6 Å². The van der Waals surface area contributed by atoms with Gasteiger partial charge in [-0.2, -0.15) is 0 Å². The molecule has 0 radical (unpaired) electrons. The maximum atomic E-state index is 13.1. The summed E-state index contributed by atoms with van der Waals surface area (Å²) in [4.78, 5) is 4.28. The summed E-state index contributed by atoms with van der Waals surface area (Å²) < 4.78 is 38.4. The Bertz CT molecular complexity index is 1020. The number of hydrogen-bond donors (Lipinski definition) is 0. The Labute approximate surface area is 166 Å². The van der Waals surface area contributed by atoms with Gasteiger partial charge in [0, 0.05) is 46.8 Å². The number of rotatable bonds is 7. The lowest BCUT2D eigenvalue weighted by Gasteiger charge is -2.18. The summed E-state index contributed by atoms with van der Waals surface area (Å²) in [5.74, 6) is 0.379. The Balaban J connectivity index is 1.88. The molecule has 8 heteroatoms. The molecule has 3 aromatic rings. The normalized spacial score (nSPS) is 14.0. The topological polar surface area (TPSA) is 69.0 Å². The van der Waals surface area contributed by atoms with E-state index in [2.05, 4.69) is 4.98 Å². The van der Waals surface area contributed by atoms with Crippen molar-refractivity contribution < 1.29 is 12.6 Å². The fraction of sp³-hybridized carbons (Fsp3) is 0.211. The molecule has 5 nitrogen and oxygen atoms in total. The number of halogens is 1. The van der Waals surface area contributed by atoms with Crippen LogP contribution >= 0.6 is 11.6 Å². The van der Waals surface area contributed by atoms with E-state index in [1.54, 1.807) is 48.9 Å². The van der Waals surface area contributed by atoms with Crippen molar-refractivity contribution in [2.45, 2.75) is 22.4 Å². The zero-order chi connectivity index (χ0) is 19.4. The van der Waals surface area contributed by atoms with Gasteiger partial charge in [0.05, 0.1) is 16.5 Å². The van der Waals surface area contributed by atoms with Crippen molar-refractivity contribution in [2.75, 3.05) is 6.26 Å². The fourth-order valence-electron chi connectivity index (χ4n) is 2.70. The summed E-state index contributed by atoms with van der Waals surface area (Å²) in [5.41, 5.74) is 1.75. The second-order valence-electron chi connectivity index (χ2n) is 6.24. The SMILES string of the molecule is CS(=O)(=O)c1ccc(C(Cn2ccnc2)S(=O)Cc2ccc(Cl)cc2)cc1. The highest BCUT2D eigenvalue weighted by Crippen LogP contribution is 2.26. The number of hydrogen-bond acceptors (Lipinski definition) is 4. The molecule has 0 aliphatic heterocycles. The first-order valence-corrected chi connectivity index (χ1v) is 11.9.